The molecule has 0 aliphatic carbocycles. The molecule has 1 amide bonds. The Balaban J connectivity index is 1.58. The zero-order valence-electron chi connectivity index (χ0n) is 14.6. The van der Waals surface area contributed by atoms with Crippen molar-refractivity contribution in [1.82, 2.24) is 15.0 Å². The van der Waals surface area contributed by atoms with E-state index >= 15 is 0 Å². The van der Waals surface area contributed by atoms with Crippen molar-refractivity contribution >= 4 is 5.91 Å². The molecule has 6 nitrogen and oxygen atoms in total. The van der Waals surface area contributed by atoms with Crippen LogP contribution in [0.4, 0.5) is 0 Å². The Morgan fingerprint density at radius 3 is 2.62 bits per heavy atom. The maximum absolute atomic E-state index is 12.4. The van der Waals surface area contributed by atoms with Gasteiger partial charge in [0.1, 0.15) is 5.75 Å². The Bertz CT molecular complexity index is 731. The maximum Gasteiger partial charge on any atom is 0.260 e. The van der Waals surface area contributed by atoms with Crippen molar-refractivity contribution in [3.8, 4) is 5.75 Å². The van der Waals surface area contributed by atoms with Gasteiger partial charge in [-0.2, -0.15) is 4.98 Å². The number of aromatic nitrogens is 2. The van der Waals surface area contributed by atoms with Crippen molar-refractivity contribution in [3.63, 3.8) is 0 Å². The highest BCUT2D eigenvalue weighted by atomic mass is 16.5. The Labute approximate surface area is 141 Å². The van der Waals surface area contributed by atoms with E-state index in [1.807, 2.05) is 18.7 Å². The Morgan fingerprint density at radius 2 is 2.00 bits per heavy atom. The monoisotopic (exact) mass is 329 g/mol. The highest BCUT2D eigenvalue weighted by Gasteiger charge is 2.31. The minimum atomic E-state index is -0.00638. The number of nitrogens with zero attached hydrogens (tertiary/aromatic N) is 3. The van der Waals surface area contributed by atoms with Crippen molar-refractivity contribution in [2.45, 2.75) is 40.0 Å². The summed E-state index contributed by atoms with van der Waals surface area (Å²) in [5.74, 6) is 2.17. The fraction of sp³-hybridized carbons (Fsp3) is 0.500. The first-order chi connectivity index (χ1) is 11.4. The van der Waals surface area contributed by atoms with Crippen LogP contribution in [0.1, 0.15) is 40.7 Å². The van der Waals surface area contributed by atoms with E-state index in [2.05, 4.69) is 29.2 Å². The van der Waals surface area contributed by atoms with Crippen LogP contribution in [0.5, 0.6) is 5.75 Å². The molecule has 1 aliphatic rings. The van der Waals surface area contributed by atoms with Crippen molar-refractivity contribution in [1.29, 1.82) is 0 Å². The molecule has 2 heterocycles. The van der Waals surface area contributed by atoms with Gasteiger partial charge in [0.15, 0.2) is 12.4 Å². The number of aryl methyl sites for hydroxylation is 4. The lowest BCUT2D eigenvalue weighted by Crippen LogP contribution is -2.33. The first kappa shape index (κ1) is 16.5. The normalized spacial score (nSPS) is 17.3. The molecule has 1 fully saturated rings. The lowest BCUT2D eigenvalue weighted by Gasteiger charge is -2.18. The summed E-state index contributed by atoms with van der Waals surface area (Å²) in [5, 5.41) is 3.82. The summed E-state index contributed by atoms with van der Waals surface area (Å²) in [4.78, 5) is 18.5. The first-order valence-electron chi connectivity index (χ1n) is 8.22. The zero-order chi connectivity index (χ0) is 17.3. The molecule has 1 atom stereocenters. The maximum atomic E-state index is 12.4. The molecule has 1 aromatic heterocycles. The fourth-order valence-electron chi connectivity index (χ4n) is 3.29. The summed E-state index contributed by atoms with van der Waals surface area (Å²) in [6.45, 7) is 9.22. The quantitative estimate of drug-likeness (QED) is 0.862. The molecule has 0 bridgehead atoms. The SMILES string of the molecule is Cc1cc(C)c(OCC(=O)N2CC[C@H](c3nc(C)no3)C2)c(C)c1. The Morgan fingerprint density at radius 1 is 1.29 bits per heavy atom. The van der Waals surface area contributed by atoms with Gasteiger partial charge in [-0.05, 0) is 45.2 Å². The molecule has 0 radical (unpaired) electrons. The van der Waals surface area contributed by atoms with E-state index < -0.39 is 0 Å². The summed E-state index contributed by atoms with van der Waals surface area (Å²) < 4.78 is 11.0. The molecule has 128 valence electrons. The van der Waals surface area contributed by atoms with Crippen LogP contribution in [-0.4, -0.2) is 40.6 Å². The second-order valence-corrected chi connectivity index (χ2v) is 6.52. The van der Waals surface area contributed by atoms with E-state index in [-0.39, 0.29) is 18.4 Å². The van der Waals surface area contributed by atoms with Crippen LogP contribution in [-0.2, 0) is 4.79 Å². The van der Waals surface area contributed by atoms with Crippen LogP contribution in [0.25, 0.3) is 0 Å². The van der Waals surface area contributed by atoms with Gasteiger partial charge >= 0.3 is 0 Å². The predicted octanol–water partition coefficient (Wildman–Crippen LogP) is 2.70. The Kier molecular flexibility index (Phi) is 4.55. The van der Waals surface area contributed by atoms with E-state index in [0.717, 1.165) is 23.3 Å². The van der Waals surface area contributed by atoms with Crippen LogP contribution in [0.3, 0.4) is 0 Å². The molecule has 1 saturated heterocycles. The van der Waals surface area contributed by atoms with Gasteiger partial charge in [-0.1, -0.05) is 22.9 Å². The fourth-order valence-corrected chi connectivity index (χ4v) is 3.29. The smallest absolute Gasteiger partial charge is 0.260 e. The third-order valence-electron chi connectivity index (χ3n) is 4.38. The van der Waals surface area contributed by atoms with E-state index in [0.29, 0.717) is 24.8 Å². The molecular formula is C18H23N3O3. The molecule has 1 aromatic carbocycles. The van der Waals surface area contributed by atoms with E-state index in [1.54, 1.807) is 6.92 Å². The van der Waals surface area contributed by atoms with Gasteiger partial charge in [0.25, 0.3) is 5.91 Å². The number of likely N-dealkylation sites (tertiary alicyclic amines) is 1. The molecular weight excluding hydrogens is 306 g/mol. The van der Waals surface area contributed by atoms with Crippen molar-refractivity contribution < 1.29 is 14.1 Å². The largest absolute Gasteiger partial charge is 0.483 e. The molecule has 1 aliphatic heterocycles. The molecule has 24 heavy (non-hydrogen) atoms. The number of hydrogen-bond acceptors (Lipinski definition) is 5. The third-order valence-corrected chi connectivity index (χ3v) is 4.38. The molecule has 3 rings (SSSR count). The number of carbonyl (C=O) groups excluding carboxylic acids is 1. The van der Waals surface area contributed by atoms with Crippen LogP contribution in [0.2, 0.25) is 0 Å². The summed E-state index contributed by atoms with van der Waals surface area (Å²) in [6, 6.07) is 4.13. The minimum absolute atomic E-state index is 0.00638. The van der Waals surface area contributed by atoms with Gasteiger partial charge in [0.05, 0.1) is 5.92 Å². The first-order valence-corrected chi connectivity index (χ1v) is 8.22. The van der Waals surface area contributed by atoms with Crippen LogP contribution in [0, 0.1) is 27.7 Å². The third kappa shape index (κ3) is 3.42. The summed E-state index contributed by atoms with van der Waals surface area (Å²) in [6.07, 6.45) is 0.843. The van der Waals surface area contributed by atoms with Crippen molar-refractivity contribution in [2.75, 3.05) is 19.7 Å². The van der Waals surface area contributed by atoms with Gasteiger partial charge in [-0.25, -0.2) is 0 Å². The predicted molar refractivity (Wildman–Crippen MR) is 89.1 cm³/mol. The summed E-state index contributed by atoms with van der Waals surface area (Å²) in [7, 11) is 0. The van der Waals surface area contributed by atoms with E-state index in [4.69, 9.17) is 9.26 Å². The van der Waals surface area contributed by atoms with Crippen LogP contribution < -0.4 is 4.74 Å². The highest BCUT2D eigenvalue weighted by molar-refractivity contribution is 5.78. The second-order valence-electron chi connectivity index (χ2n) is 6.52. The number of hydrogen-bond donors (Lipinski definition) is 0. The lowest BCUT2D eigenvalue weighted by atomic mass is 10.1. The number of benzene rings is 1. The molecule has 0 spiro atoms. The van der Waals surface area contributed by atoms with Gasteiger partial charge in [0, 0.05) is 13.1 Å². The van der Waals surface area contributed by atoms with Gasteiger partial charge in [0.2, 0.25) is 5.89 Å². The molecule has 6 heteroatoms. The zero-order valence-corrected chi connectivity index (χ0v) is 14.6. The van der Waals surface area contributed by atoms with Crippen molar-refractivity contribution in [2.24, 2.45) is 0 Å². The van der Waals surface area contributed by atoms with Crippen LogP contribution >= 0.6 is 0 Å². The number of ether oxygens (including phenoxy) is 1. The van der Waals surface area contributed by atoms with E-state index in [9.17, 15) is 4.79 Å². The standard InChI is InChI=1S/C18H23N3O3/c1-11-7-12(2)17(13(3)8-11)23-10-16(22)21-6-5-15(9-21)18-19-14(4)20-24-18/h7-8,15H,5-6,9-10H2,1-4H3/t15-/m0/s1. The molecule has 0 N–H and O–H groups in total. The number of carbonyl (C=O) groups is 1. The highest BCUT2D eigenvalue weighted by Crippen LogP contribution is 2.27. The van der Waals surface area contributed by atoms with E-state index in [1.165, 1.54) is 5.56 Å². The summed E-state index contributed by atoms with van der Waals surface area (Å²) >= 11 is 0. The van der Waals surface area contributed by atoms with Gasteiger partial charge in [-0.3, -0.25) is 4.79 Å². The lowest BCUT2D eigenvalue weighted by molar-refractivity contribution is -0.132. The van der Waals surface area contributed by atoms with Gasteiger partial charge in [-0.15, -0.1) is 0 Å². The van der Waals surface area contributed by atoms with Crippen LogP contribution in [0.15, 0.2) is 16.7 Å². The second kappa shape index (κ2) is 6.63. The average molecular weight is 329 g/mol. The molecule has 0 unspecified atom stereocenters. The topological polar surface area (TPSA) is 68.5 Å². The average Bonchev–Trinajstić information content (AvgIpc) is 3.14. The molecule has 2 aromatic rings. The van der Waals surface area contributed by atoms with Crippen molar-refractivity contribution in [3.05, 3.63) is 40.5 Å². The Hall–Kier alpha value is -2.37. The summed E-state index contributed by atoms with van der Waals surface area (Å²) in [5.41, 5.74) is 3.31. The minimum Gasteiger partial charge on any atom is -0.483 e. The van der Waals surface area contributed by atoms with Gasteiger partial charge < -0.3 is 14.2 Å². The molecule has 0 saturated carbocycles. The number of amides is 1. The number of rotatable bonds is 4.